The fourth-order valence-electron chi connectivity index (χ4n) is 2.16. The number of hydrogen-bond acceptors (Lipinski definition) is 5. The van der Waals surface area contributed by atoms with Crippen molar-refractivity contribution >= 4 is 21.9 Å². The van der Waals surface area contributed by atoms with Crippen LogP contribution in [0, 0.1) is 0 Å². The highest BCUT2D eigenvalue weighted by atomic mass is 79.9. The van der Waals surface area contributed by atoms with Crippen LogP contribution in [-0.4, -0.2) is 23.7 Å². The van der Waals surface area contributed by atoms with Crippen LogP contribution < -0.4 is 14.8 Å². The summed E-state index contributed by atoms with van der Waals surface area (Å²) >= 11 is 3.53. The lowest BCUT2D eigenvalue weighted by molar-refractivity contribution is 0.354. The van der Waals surface area contributed by atoms with Crippen molar-refractivity contribution in [3.63, 3.8) is 0 Å². The summed E-state index contributed by atoms with van der Waals surface area (Å²) in [6, 6.07) is 4.16. The zero-order valence-electron chi connectivity index (χ0n) is 11.0. The summed E-state index contributed by atoms with van der Waals surface area (Å²) in [6.45, 7) is 1.37. The van der Waals surface area contributed by atoms with E-state index < -0.39 is 0 Å². The van der Waals surface area contributed by atoms with Gasteiger partial charge in [-0.25, -0.2) is 9.97 Å². The molecule has 5 nitrogen and oxygen atoms in total. The maximum absolute atomic E-state index is 5.69. The minimum Gasteiger partial charge on any atom is -0.494 e. The third-order valence-electron chi connectivity index (χ3n) is 3.13. The van der Waals surface area contributed by atoms with Crippen LogP contribution in [0.5, 0.6) is 11.5 Å². The van der Waals surface area contributed by atoms with Gasteiger partial charge in [0.2, 0.25) is 5.95 Å². The number of ether oxygens (including phenoxy) is 2. The molecule has 0 bridgehead atoms. The first-order valence-electron chi connectivity index (χ1n) is 6.30. The van der Waals surface area contributed by atoms with Gasteiger partial charge in [0.25, 0.3) is 0 Å². The predicted molar refractivity (Wildman–Crippen MR) is 79.3 cm³/mol. The first-order chi connectivity index (χ1) is 9.76. The molecule has 0 unspecified atom stereocenters. The van der Waals surface area contributed by atoms with Gasteiger partial charge in [-0.2, -0.15) is 0 Å². The summed E-state index contributed by atoms with van der Waals surface area (Å²) in [4.78, 5) is 8.36. The molecule has 20 heavy (non-hydrogen) atoms. The maximum Gasteiger partial charge on any atom is 0.223 e. The van der Waals surface area contributed by atoms with Crippen molar-refractivity contribution in [3.05, 3.63) is 40.1 Å². The van der Waals surface area contributed by atoms with Crippen LogP contribution in [0.2, 0.25) is 0 Å². The highest BCUT2D eigenvalue weighted by molar-refractivity contribution is 9.10. The molecular weight excluding hydrogens is 322 g/mol. The van der Waals surface area contributed by atoms with Crippen LogP contribution in [0.15, 0.2) is 29.0 Å². The molecule has 1 aromatic carbocycles. The molecular formula is C14H14BrN3O2. The van der Waals surface area contributed by atoms with Gasteiger partial charge in [0.15, 0.2) is 5.75 Å². The molecule has 3 rings (SSSR count). The number of fused-ring (bicyclic) bond motifs is 1. The van der Waals surface area contributed by atoms with Crippen molar-refractivity contribution in [1.82, 2.24) is 9.97 Å². The summed E-state index contributed by atoms with van der Waals surface area (Å²) in [5, 5.41) is 3.19. The lowest BCUT2D eigenvalue weighted by Crippen LogP contribution is -2.05. The van der Waals surface area contributed by atoms with Crippen LogP contribution in [-0.2, 0) is 13.0 Å². The van der Waals surface area contributed by atoms with Crippen LogP contribution in [0.1, 0.15) is 11.1 Å². The molecule has 0 atom stereocenters. The van der Waals surface area contributed by atoms with Crippen molar-refractivity contribution < 1.29 is 9.47 Å². The van der Waals surface area contributed by atoms with Crippen molar-refractivity contribution in [2.45, 2.75) is 13.0 Å². The maximum atomic E-state index is 5.69. The normalized spacial score (nSPS) is 12.7. The number of rotatable bonds is 4. The molecule has 0 aliphatic carbocycles. The second-order valence-electron chi connectivity index (χ2n) is 4.45. The van der Waals surface area contributed by atoms with E-state index in [-0.39, 0.29) is 0 Å². The standard InChI is InChI=1S/C14H14BrN3O2/c1-19-12-7-17-14(18-8-12)16-6-10-5-11(15)4-9-2-3-20-13(9)10/h4-5,7-8H,2-3,6H2,1H3,(H,16,17,18). The highest BCUT2D eigenvalue weighted by Crippen LogP contribution is 2.33. The van der Waals surface area contributed by atoms with Gasteiger partial charge in [-0.05, 0) is 17.7 Å². The quantitative estimate of drug-likeness (QED) is 0.930. The monoisotopic (exact) mass is 335 g/mol. The smallest absolute Gasteiger partial charge is 0.223 e. The SMILES string of the molecule is COc1cnc(NCc2cc(Br)cc3c2OCC3)nc1. The fourth-order valence-corrected chi connectivity index (χ4v) is 2.72. The van der Waals surface area contributed by atoms with E-state index in [1.54, 1.807) is 19.5 Å². The first kappa shape index (κ1) is 13.2. The second-order valence-corrected chi connectivity index (χ2v) is 5.37. The Morgan fingerprint density at radius 3 is 2.90 bits per heavy atom. The molecule has 1 aliphatic rings. The van der Waals surface area contributed by atoms with Crippen LogP contribution >= 0.6 is 15.9 Å². The fraction of sp³-hybridized carbons (Fsp3) is 0.286. The van der Waals surface area contributed by atoms with E-state index in [0.29, 0.717) is 18.2 Å². The Bertz CT molecular complexity index is 617. The van der Waals surface area contributed by atoms with Crippen molar-refractivity contribution in [2.75, 3.05) is 19.0 Å². The number of nitrogens with zero attached hydrogens (tertiary/aromatic N) is 2. The summed E-state index contributed by atoms with van der Waals surface area (Å²) < 4.78 is 11.8. The van der Waals surface area contributed by atoms with E-state index in [4.69, 9.17) is 9.47 Å². The number of aromatic nitrogens is 2. The first-order valence-corrected chi connectivity index (χ1v) is 7.09. The van der Waals surface area contributed by atoms with Gasteiger partial charge in [-0.1, -0.05) is 15.9 Å². The minimum absolute atomic E-state index is 0.567. The van der Waals surface area contributed by atoms with Gasteiger partial charge in [-0.15, -0.1) is 0 Å². The van der Waals surface area contributed by atoms with E-state index in [1.807, 2.05) is 0 Å². The average Bonchev–Trinajstić information content (AvgIpc) is 2.93. The van der Waals surface area contributed by atoms with Crippen LogP contribution in [0.25, 0.3) is 0 Å². The van der Waals surface area contributed by atoms with E-state index in [0.717, 1.165) is 28.8 Å². The second kappa shape index (κ2) is 5.66. The molecule has 104 valence electrons. The lowest BCUT2D eigenvalue weighted by atomic mass is 10.1. The van der Waals surface area contributed by atoms with Gasteiger partial charge in [0, 0.05) is 23.0 Å². The van der Waals surface area contributed by atoms with Gasteiger partial charge in [0.05, 0.1) is 26.1 Å². The average molecular weight is 336 g/mol. The van der Waals surface area contributed by atoms with E-state index in [2.05, 4.69) is 43.3 Å². The Kier molecular flexibility index (Phi) is 3.73. The number of halogens is 1. The lowest BCUT2D eigenvalue weighted by Gasteiger charge is -2.10. The topological polar surface area (TPSA) is 56.3 Å². The van der Waals surface area contributed by atoms with Gasteiger partial charge in [-0.3, -0.25) is 0 Å². The molecule has 0 amide bonds. The molecule has 1 aliphatic heterocycles. The van der Waals surface area contributed by atoms with Crippen LogP contribution in [0.4, 0.5) is 5.95 Å². The Labute approximate surface area is 125 Å². The summed E-state index contributed by atoms with van der Waals surface area (Å²) in [5.41, 5.74) is 2.35. The summed E-state index contributed by atoms with van der Waals surface area (Å²) in [5.74, 6) is 2.19. The third kappa shape index (κ3) is 2.70. The summed E-state index contributed by atoms with van der Waals surface area (Å²) in [6.07, 6.45) is 4.23. The van der Waals surface area contributed by atoms with Gasteiger partial charge in [0.1, 0.15) is 5.75 Å². The molecule has 2 heterocycles. The van der Waals surface area contributed by atoms with Crippen LogP contribution in [0.3, 0.4) is 0 Å². The molecule has 0 fully saturated rings. The molecule has 2 aromatic rings. The number of methoxy groups -OCH3 is 1. The van der Waals surface area contributed by atoms with Gasteiger partial charge >= 0.3 is 0 Å². The Hall–Kier alpha value is -1.82. The molecule has 6 heteroatoms. The molecule has 0 saturated carbocycles. The molecule has 1 N–H and O–H groups in total. The number of hydrogen-bond donors (Lipinski definition) is 1. The summed E-state index contributed by atoms with van der Waals surface area (Å²) in [7, 11) is 1.59. The van der Waals surface area contributed by atoms with Crippen molar-refractivity contribution in [2.24, 2.45) is 0 Å². The Balaban J connectivity index is 1.75. The van der Waals surface area contributed by atoms with Crippen molar-refractivity contribution in [1.29, 1.82) is 0 Å². The predicted octanol–water partition coefficient (Wildman–Crippen LogP) is 2.79. The number of nitrogens with one attached hydrogen (secondary N) is 1. The molecule has 0 saturated heterocycles. The van der Waals surface area contributed by atoms with E-state index in [9.17, 15) is 0 Å². The van der Waals surface area contributed by atoms with Gasteiger partial charge < -0.3 is 14.8 Å². The minimum atomic E-state index is 0.567. The molecule has 1 aromatic heterocycles. The highest BCUT2D eigenvalue weighted by Gasteiger charge is 2.17. The zero-order valence-corrected chi connectivity index (χ0v) is 12.6. The molecule has 0 spiro atoms. The van der Waals surface area contributed by atoms with Crippen molar-refractivity contribution in [3.8, 4) is 11.5 Å². The van der Waals surface area contributed by atoms with E-state index >= 15 is 0 Å². The molecule has 0 radical (unpaired) electrons. The largest absolute Gasteiger partial charge is 0.494 e. The zero-order chi connectivity index (χ0) is 13.9. The Morgan fingerprint density at radius 1 is 1.35 bits per heavy atom. The number of benzene rings is 1. The third-order valence-corrected chi connectivity index (χ3v) is 3.58. The Morgan fingerprint density at radius 2 is 2.15 bits per heavy atom. The number of anilines is 1. The van der Waals surface area contributed by atoms with E-state index in [1.165, 1.54) is 5.56 Å².